The molecule has 1 saturated heterocycles. The summed E-state index contributed by atoms with van der Waals surface area (Å²) in [4.78, 5) is 14.8. The molecule has 2 N–H and O–H groups in total. The summed E-state index contributed by atoms with van der Waals surface area (Å²) in [6.45, 7) is 7.90. The highest BCUT2D eigenvalue weighted by Crippen LogP contribution is 2.39. The Kier molecular flexibility index (Phi) is 7.48. The van der Waals surface area contributed by atoms with Crippen LogP contribution >= 0.6 is 23.2 Å². The lowest BCUT2D eigenvalue weighted by molar-refractivity contribution is -0.123. The van der Waals surface area contributed by atoms with Gasteiger partial charge < -0.3 is 10.4 Å². The maximum atomic E-state index is 12.5. The molecular weight excluding hydrogens is 431 g/mol. The van der Waals surface area contributed by atoms with Crippen molar-refractivity contribution in [3.05, 3.63) is 69.7 Å². The Hall–Kier alpha value is -1.85. The van der Waals surface area contributed by atoms with Gasteiger partial charge in [0.25, 0.3) is 0 Å². The van der Waals surface area contributed by atoms with Crippen LogP contribution in [-0.4, -0.2) is 35.5 Å². The fraction of sp³-hybridized carbons (Fsp3) is 0.400. The second kappa shape index (κ2) is 9.74. The highest BCUT2D eigenvalue weighted by Gasteiger charge is 2.36. The molecule has 1 amide bonds. The van der Waals surface area contributed by atoms with Crippen molar-refractivity contribution >= 4 is 40.9 Å². The zero-order valence-electron chi connectivity index (χ0n) is 18.3. The molecule has 1 aliphatic rings. The molecule has 0 aromatic heterocycles. The van der Waals surface area contributed by atoms with Crippen molar-refractivity contribution in [2.45, 2.75) is 39.2 Å². The molecule has 0 bridgehead atoms. The predicted octanol–water partition coefficient (Wildman–Crippen LogP) is 5.97. The first kappa shape index (κ1) is 23.8. The SMILES string of the molecule is CC(C)(C)C(=O)Nc1ccc(Cl)cc1C1(O)CCN(C/C=C/c2ccc(Cl)cc2)CC1. The summed E-state index contributed by atoms with van der Waals surface area (Å²) in [6, 6.07) is 13.0. The number of amides is 1. The fourth-order valence-corrected chi connectivity index (χ4v) is 3.91. The van der Waals surface area contributed by atoms with E-state index in [0.29, 0.717) is 29.1 Å². The third-order valence-electron chi connectivity index (χ3n) is 5.64. The maximum Gasteiger partial charge on any atom is 0.229 e. The van der Waals surface area contributed by atoms with Crippen LogP contribution < -0.4 is 5.32 Å². The van der Waals surface area contributed by atoms with E-state index in [4.69, 9.17) is 23.2 Å². The first-order valence-corrected chi connectivity index (χ1v) is 11.3. The van der Waals surface area contributed by atoms with Crippen molar-refractivity contribution in [2.75, 3.05) is 25.0 Å². The molecule has 166 valence electrons. The number of piperidine rings is 1. The molecule has 0 spiro atoms. The smallest absolute Gasteiger partial charge is 0.229 e. The third-order valence-corrected chi connectivity index (χ3v) is 6.13. The third kappa shape index (κ3) is 6.33. The lowest BCUT2D eigenvalue weighted by Crippen LogP contribution is -2.43. The largest absolute Gasteiger partial charge is 0.385 e. The van der Waals surface area contributed by atoms with Gasteiger partial charge in [-0.1, -0.05) is 68.3 Å². The summed E-state index contributed by atoms with van der Waals surface area (Å²) < 4.78 is 0. The number of halogens is 2. The van der Waals surface area contributed by atoms with E-state index in [1.54, 1.807) is 18.2 Å². The van der Waals surface area contributed by atoms with E-state index in [1.807, 2.05) is 45.0 Å². The van der Waals surface area contributed by atoms with E-state index in [2.05, 4.69) is 22.4 Å². The Labute approximate surface area is 194 Å². The molecule has 0 atom stereocenters. The van der Waals surface area contributed by atoms with E-state index >= 15 is 0 Å². The Bertz CT molecular complexity index is 941. The summed E-state index contributed by atoms with van der Waals surface area (Å²) in [6.07, 6.45) is 5.34. The second-order valence-corrected chi connectivity index (χ2v) is 10.1. The summed E-state index contributed by atoms with van der Waals surface area (Å²) in [5, 5.41) is 15.7. The van der Waals surface area contributed by atoms with Gasteiger partial charge in [-0.2, -0.15) is 0 Å². The molecule has 0 radical (unpaired) electrons. The lowest BCUT2D eigenvalue weighted by Gasteiger charge is -2.39. The number of nitrogens with one attached hydrogen (secondary N) is 1. The minimum absolute atomic E-state index is 0.0931. The van der Waals surface area contributed by atoms with Crippen LogP contribution in [0.5, 0.6) is 0 Å². The maximum absolute atomic E-state index is 12.5. The first-order chi connectivity index (χ1) is 14.6. The minimum atomic E-state index is -1.03. The zero-order valence-corrected chi connectivity index (χ0v) is 19.8. The summed E-state index contributed by atoms with van der Waals surface area (Å²) in [5.41, 5.74) is 0.870. The minimum Gasteiger partial charge on any atom is -0.385 e. The van der Waals surface area contributed by atoms with Gasteiger partial charge in [0.15, 0.2) is 0 Å². The van der Waals surface area contributed by atoms with Crippen LogP contribution in [0.15, 0.2) is 48.5 Å². The fourth-order valence-electron chi connectivity index (χ4n) is 3.61. The Balaban J connectivity index is 1.66. The Morgan fingerprint density at radius 1 is 1.10 bits per heavy atom. The summed E-state index contributed by atoms with van der Waals surface area (Å²) in [5.74, 6) is -0.0931. The van der Waals surface area contributed by atoms with E-state index < -0.39 is 11.0 Å². The molecule has 31 heavy (non-hydrogen) atoms. The van der Waals surface area contributed by atoms with Crippen LogP contribution in [0, 0.1) is 5.41 Å². The van der Waals surface area contributed by atoms with Crippen LogP contribution in [0.3, 0.4) is 0 Å². The molecule has 0 unspecified atom stereocenters. The normalized spacial score (nSPS) is 17.1. The van der Waals surface area contributed by atoms with Gasteiger partial charge in [-0.05, 0) is 48.7 Å². The topological polar surface area (TPSA) is 52.6 Å². The average molecular weight is 461 g/mol. The Morgan fingerprint density at radius 2 is 1.71 bits per heavy atom. The summed E-state index contributed by atoms with van der Waals surface area (Å²) in [7, 11) is 0. The van der Waals surface area contributed by atoms with Gasteiger partial charge in [0.05, 0.1) is 5.60 Å². The van der Waals surface area contributed by atoms with E-state index in [9.17, 15) is 9.90 Å². The lowest BCUT2D eigenvalue weighted by atomic mass is 9.83. The van der Waals surface area contributed by atoms with E-state index in [-0.39, 0.29) is 5.91 Å². The molecule has 0 saturated carbocycles. The van der Waals surface area contributed by atoms with Crippen LogP contribution in [0.25, 0.3) is 6.08 Å². The highest BCUT2D eigenvalue weighted by molar-refractivity contribution is 6.31. The molecule has 1 aliphatic heterocycles. The molecule has 1 fully saturated rings. The zero-order chi connectivity index (χ0) is 22.6. The van der Waals surface area contributed by atoms with Crippen molar-refractivity contribution in [2.24, 2.45) is 5.41 Å². The molecule has 0 aliphatic carbocycles. The first-order valence-electron chi connectivity index (χ1n) is 10.6. The number of carbonyl (C=O) groups excluding carboxylic acids is 1. The number of aliphatic hydroxyl groups is 1. The number of nitrogens with zero attached hydrogens (tertiary/aromatic N) is 1. The van der Waals surface area contributed by atoms with Crippen molar-refractivity contribution < 1.29 is 9.90 Å². The van der Waals surface area contributed by atoms with Crippen molar-refractivity contribution in [1.29, 1.82) is 0 Å². The number of benzene rings is 2. The van der Waals surface area contributed by atoms with Crippen LogP contribution in [-0.2, 0) is 10.4 Å². The van der Waals surface area contributed by atoms with Crippen molar-refractivity contribution in [1.82, 2.24) is 4.90 Å². The van der Waals surface area contributed by atoms with Gasteiger partial charge in [0, 0.05) is 46.3 Å². The van der Waals surface area contributed by atoms with Crippen molar-refractivity contribution in [3.63, 3.8) is 0 Å². The second-order valence-electron chi connectivity index (χ2n) is 9.18. The number of carbonyl (C=O) groups is 1. The van der Waals surface area contributed by atoms with Crippen LogP contribution in [0.4, 0.5) is 5.69 Å². The molecule has 1 heterocycles. The van der Waals surface area contributed by atoms with Crippen molar-refractivity contribution in [3.8, 4) is 0 Å². The molecule has 2 aromatic rings. The van der Waals surface area contributed by atoms with Crippen LogP contribution in [0.2, 0.25) is 10.0 Å². The molecule has 3 rings (SSSR count). The average Bonchev–Trinajstić information content (AvgIpc) is 2.71. The Morgan fingerprint density at radius 3 is 2.32 bits per heavy atom. The molecule has 2 aromatic carbocycles. The molecule has 6 heteroatoms. The van der Waals surface area contributed by atoms with Gasteiger partial charge in [-0.3, -0.25) is 9.69 Å². The number of likely N-dealkylation sites (tertiary alicyclic amines) is 1. The van der Waals surface area contributed by atoms with Gasteiger partial charge in [0.1, 0.15) is 0 Å². The standard InChI is InChI=1S/C25H30Cl2N2O2/c1-24(2,3)23(30)28-22-11-10-20(27)17-21(22)25(31)12-15-29(16-13-25)14-4-5-18-6-8-19(26)9-7-18/h4-11,17,31H,12-16H2,1-3H3,(H,28,30)/b5-4+. The molecule has 4 nitrogen and oxygen atoms in total. The number of hydrogen-bond acceptors (Lipinski definition) is 3. The highest BCUT2D eigenvalue weighted by atomic mass is 35.5. The number of anilines is 1. The monoisotopic (exact) mass is 460 g/mol. The van der Waals surface area contributed by atoms with Gasteiger partial charge in [-0.25, -0.2) is 0 Å². The van der Waals surface area contributed by atoms with Gasteiger partial charge in [0.2, 0.25) is 5.91 Å². The quantitative estimate of drug-likeness (QED) is 0.577. The number of rotatable bonds is 5. The van der Waals surface area contributed by atoms with E-state index in [0.717, 1.165) is 30.2 Å². The summed E-state index contributed by atoms with van der Waals surface area (Å²) >= 11 is 12.2. The predicted molar refractivity (Wildman–Crippen MR) is 130 cm³/mol. The number of hydrogen-bond donors (Lipinski definition) is 2. The van der Waals surface area contributed by atoms with Gasteiger partial charge in [-0.15, -0.1) is 0 Å². The molecular formula is C25H30Cl2N2O2. The van der Waals surface area contributed by atoms with Gasteiger partial charge >= 0.3 is 0 Å². The van der Waals surface area contributed by atoms with Crippen LogP contribution in [0.1, 0.15) is 44.7 Å². The van der Waals surface area contributed by atoms with E-state index in [1.165, 1.54) is 0 Å².